The van der Waals surface area contributed by atoms with Gasteiger partial charge < -0.3 is 9.67 Å². The third-order valence-electron chi connectivity index (χ3n) is 6.28. The zero-order chi connectivity index (χ0) is 25.0. The summed E-state index contributed by atoms with van der Waals surface area (Å²) in [6.07, 6.45) is 1.24. The number of hydrogen-bond acceptors (Lipinski definition) is 3. The van der Waals surface area contributed by atoms with Crippen molar-refractivity contribution >= 4 is 29.2 Å². The van der Waals surface area contributed by atoms with Gasteiger partial charge in [0.25, 0.3) is 0 Å². The van der Waals surface area contributed by atoms with E-state index in [1.807, 2.05) is 26.0 Å². The summed E-state index contributed by atoms with van der Waals surface area (Å²) in [5, 5.41) is 15.4. The van der Waals surface area contributed by atoms with Crippen molar-refractivity contribution in [3.8, 4) is 33.8 Å². The van der Waals surface area contributed by atoms with Gasteiger partial charge in [0.1, 0.15) is 17.0 Å². The molecular formula is C26H20Cl2FN3O3. The normalized spacial score (nSPS) is 14.6. The summed E-state index contributed by atoms with van der Waals surface area (Å²) in [4.78, 5) is 24.5. The van der Waals surface area contributed by atoms with Crippen molar-refractivity contribution in [3.63, 3.8) is 0 Å². The molecular weight excluding hydrogens is 492 g/mol. The first-order valence-corrected chi connectivity index (χ1v) is 11.7. The van der Waals surface area contributed by atoms with Gasteiger partial charge in [0.05, 0.1) is 18.3 Å². The molecule has 1 aliphatic heterocycles. The summed E-state index contributed by atoms with van der Waals surface area (Å²) in [6.45, 7) is 4.26. The van der Waals surface area contributed by atoms with Crippen molar-refractivity contribution in [1.82, 2.24) is 14.3 Å². The van der Waals surface area contributed by atoms with Crippen molar-refractivity contribution in [2.75, 3.05) is 0 Å². The van der Waals surface area contributed by atoms with Crippen molar-refractivity contribution in [1.29, 1.82) is 0 Å². The van der Waals surface area contributed by atoms with Crippen molar-refractivity contribution in [2.45, 2.75) is 26.4 Å². The quantitative estimate of drug-likeness (QED) is 0.343. The molecule has 35 heavy (non-hydrogen) atoms. The molecule has 178 valence electrons. The number of fused-ring (bicyclic) bond motifs is 3. The van der Waals surface area contributed by atoms with E-state index < -0.39 is 22.8 Å². The lowest BCUT2D eigenvalue weighted by Crippen LogP contribution is -2.33. The van der Waals surface area contributed by atoms with Crippen LogP contribution in [-0.4, -0.2) is 25.4 Å². The van der Waals surface area contributed by atoms with Gasteiger partial charge in [0.15, 0.2) is 5.82 Å². The van der Waals surface area contributed by atoms with E-state index in [2.05, 4.69) is 0 Å². The smallest absolute Gasteiger partial charge is 0.341 e. The Morgan fingerprint density at radius 2 is 1.71 bits per heavy atom. The SMILES string of the molecule is CC(C)[C@@H]1Cn2nc(-c3cccc(Cl)c3)c(-c3cccc(Cl)c3)c2-c2c(F)c(=O)c(C(=O)O)cn21. The molecule has 0 aliphatic carbocycles. The van der Waals surface area contributed by atoms with Gasteiger partial charge in [-0.3, -0.25) is 9.48 Å². The number of rotatable bonds is 4. The Balaban J connectivity index is 1.92. The summed E-state index contributed by atoms with van der Waals surface area (Å²) in [6, 6.07) is 13.9. The fourth-order valence-corrected chi connectivity index (χ4v) is 5.01. The molecule has 0 bridgehead atoms. The van der Waals surface area contributed by atoms with Crippen molar-refractivity contribution in [2.24, 2.45) is 5.92 Å². The van der Waals surface area contributed by atoms with E-state index in [4.69, 9.17) is 28.3 Å². The third-order valence-corrected chi connectivity index (χ3v) is 6.75. The standard InChI is InChI=1S/C26H20Cl2FN3O3/c1-13(2)19-12-32-23(24-21(29)25(33)18(26(34)35)11-31(19)24)20(14-5-3-7-16(27)9-14)22(30-32)15-6-4-8-17(28)10-15/h3-11,13,19H,12H2,1-2H3,(H,34,35)/t19-/m0/s1. The van der Waals surface area contributed by atoms with E-state index in [0.29, 0.717) is 44.7 Å². The lowest BCUT2D eigenvalue weighted by Gasteiger charge is -2.33. The summed E-state index contributed by atoms with van der Waals surface area (Å²) in [5.41, 5.74) is 1.13. The van der Waals surface area contributed by atoms with E-state index >= 15 is 4.39 Å². The van der Waals surface area contributed by atoms with Crippen LogP contribution in [0, 0.1) is 11.7 Å². The number of aromatic nitrogens is 3. The zero-order valence-electron chi connectivity index (χ0n) is 18.8. The van der Waals surface area contributed by atoms with Crippen LogP contribution in [0.5, 0.6) is 0 Å². The number of aromatic carboxylic acids is 1. The highest BCUT2D eigenvalue weighted by atomic mass is 35.5. The second kappa shape index (κ2) is 8.66. The molecule has 6 nitrogen and oxygen atoms in total. The molecule has 3 heterocycles. The highest BCUT2D eigenvalue weighted by Crippen LogP contribution is 2.45. The third kappa shape index (κ3) is 3.85. The number of nitrogens with zero attached hydrogens (tertiary/aromatic N) is 3. The number of hydrogen-bond donors (Lipinski definition) is 1. The number of pyridine rings is 1. The van der Waals surface area contributed by atoms with E-state index in [1.165, 1.54) is 6.20 Å². The monoisotopic (exact) mass is 511 g/mol. The van der Waals surface area contributed by atoms with Gasteiger partial charge in [-0.15, -0.1) is 0 Å². The Kier molecular flexibility index (Phi) is 5.77. The maximum absolute atomic E-state index is 15.8. The molecule has 2 aromatic carbocycles. The van der Waals surface area contributed by atoms with E-state index in [9.17, 15) is 14.7 Å². The molecule has 5 rings (SSSR count). The van der Waals surface area contributed by atoms with E-state index in [1.54, 1.807) is 45.6 Å². The number of benzene rings is 2. The Labute approximate surface area is 210 Å². The summed E-state index contributed by atoms with van der Waals surface area (Å²) < 4.78 is 19.0. The molecule has 0 amide bonds. The van der Waals surface area contributed by atoms with Gasteiger partial charge in [-0.25, -0.2) is 9.18 Å². The molecule has 0 saturated carbocycles. The summed E-state index contributed by atoms with van der Waals surface area (Å²) >= 11 is 12.6. The predicted octanol–water partition coefficient (Wildman–Crippen LogP) is 6.40. The number of carboxylic acids is 1. The van der Waals surface area contributed by atoms with E-state index in [-0.39, 0.29) is 17.7 Å². The Hall–Kier alpha value is -3.42. The van der Waals surface area contributed by atoms with Gasteiger partial charge in [-0.05, 0) is 35.7 Å². The zero-order valence-corrected chi connectivity index (χ0v) is 20.3. The fraction of sp³-hybridized carbons (Fsp3) is 0.192. The first-order chi connectivity index (χ1) is 16.7. The summed E-state index contributed by atoms with van der Waals surface area (Å²) in [7, 11) is 0. The molecule has 9 heteroatoms. The Morgan fingerprint density at radius 3 is 2.31 bits per heavy atom. The van der Waals surface area contributed by atoms with Gasteiger partial charge in [-0.2, -0.15) is 5.10 Å². The number of carboxylic acid groups (broad SMARTS) is 1. The predicted molar refractivity (Wildman–Crippen MR) is 134 cm³/mol. The Bertz CT molecular complexity index is 1560. The van der Waals surface area contributed by atoms with Crippen LogP contribution in [0.3, 0.4) is 0 Å². The Morgan fingerprint density at radius 1 is 1.09 bits per heavy atom. The first-order valence-electron chi connectivity index (χ1n) is 11.0. The van der Waals surface area contributed by atoms with Crippen LogP contribution in [0.1, 0.15) is 30.2 Å². The lowest BCUT2D eigenvalue weighted by molar-refractivity contribution is 0.0693. The summed E-state index contributed by atoms with van der Waals surface area (Å²) in [5.74, 6) is -2.60. The minimum atomic E-state index is -1.47. The average molecular weight is 512 g/mol. The van der Waals surface area contributed by atoms with Gasteiger partial charge in [0, 0.05) is 27.4 Å². The molecule has 4 aromatic rings. The average Bonchev–Trinajstić information content (AvgIpc) is 3.19. The highest BCUT2D eigenvalue weighted by Gasteiger charge is 2.36. The molecule has 1 aliphatic rings. The van der Waals surface area contributed by atoms with Gasteiger partial charge >= 0.3 is 5.97 Å². The number of carbonyl (C=O) groups is 1. The molecule has 1 atom stereocenters. The molecule has 0 fully saturated rings. The van der Waals surface area contributed by atoms with Crippen LogP contribution in [-0.2, 0) is 6.54 Å². The molecule has 0 saturated heterocycles. The van der Waals surface area contributed by atoms with Crippen molar-refractivity contribution < 1.29 is 14.3 Å². The number of halogens is 3. The minimum absolute atomic E-state index is 0.000651. The molecule has 0 radical (unpaired) electrons. The second-order valence-corrected chi connectivity index (χ2v) is 9.71. The van der Waals surface area contributed by atoms with Crippen LogP contribution in [0.4, 0.5) is 4.39 Å². The van der Waals surface area contributed by atoms with Gasteiger partial charge in [0.2, 0.25) is 5.43 Å². The lowest BCUT2D eigenvalue weighted by atomic mass is 9.94. The first kappa shape index (κ1) is 23.3. The maximum Gasteiger partial charge on any atom is 0.341 e. The largest absolute Gasteiger partial charge is 0.477 e. The topological polar surface area (TPSA) is 77.1 Å². The van der Waals surface area contributed by atoms with Crippen LogP contribution in [0.2, 0.25) is 10.0 Å². The second-order valence-electron chi connectivity index (χ2n) is 8.83. The van der Waals surface area contributed by atoms with Crippen LogP contribution in [0.25, 0.3) is 33.8 Å². The fourth-order valence-electron chi connectivity index (χ4n) is 4.63. The molecule has 2 aromatic heterocycles. The highest BCUT2D eigenvalue weighted by molar-refractivity contribution is 6.31. The maximum atomic E-state index is 15.8. The molecule has 0 unspecified atom stereocenters. The van der Waals surface area contributed by atoms with Crippen LogP contribution >= 0.6 is 23.2 Å². The van der Waals surface area contributed by atoms with Gasteiger partial charge in [-0.1, -0.05) is 61.3 Å². The van der Waals surface area contributed by atoms with Crippen molar-refractivity contribution in [3.05, 3.63) is 86.4 Å². The van der Waals surface area contributed by atoms with E-state index in [0.717, 1.165) is 0 Å². The van der Waals surface area contributed by atoms with Crippen LogP contribution < -0.4 is 5.43 Å². The van der Waals surface area contributed by atoms with Crippen LogP contribution in [0.15, 0.2) is 59.5 Å². The molecule has 0 spiro atoms. The molecule has 1 N–H and O–H groups in total. The minimum Gasteiger partial charge on any atom is -0.477 e.